The van der Waals surface area contributed by atoms with Gasteiger partial charge in [0.25, 0.3) is 0 Å². The number of nitrogens with zero attached hydrogens (tertiary/aromatic N) is 3. The molecule has 1 fully saturated rings. The number of aliphatic carboxylic acids is 1. The number of amides is 2. The highest BCUT2D eigenvalue weighted by molar-refractivity contribution is 5.83. The molecule has 0 aromatic heterocycles. The number of likely N-dealkylation sites (tertiary alicyclic amines) is 1. The van der Waals surface area contributed by atoms with Gasteiger partial charge in [0.1, 0.15) is 6.04 Å². The minimum Gasteiger partial charge on any atom is -0.480 e. The Balaban J connectivity index is 2.74. The molecule has 2 N–H and O–H groups in total. The molecule has 1 rings (SSSR count). The highest BCUT2D eigenvalue weighted by atomic mass is 16.4. The van der Waals surface area contributed by atoms with Gasteiger partial charge in [0, 0.05) is 32.6 Å². The van der Waals surface area contributed by atoms with Gasteiger partial charge in [-0.2, -0.15) is 0 Å². The lowest BCUT2D eigenvalue weighted by atomic mass is 10.2. The standard InChI is InChI=1S/C13H25N3O4/c1-4-5-15(7-6-14(2)3)13(20)16-9-10(17)8-11(16)12(18)19/h10-11,17H,4-9H2,1-3H3,(H,18,19)/t10-,11-/m1/s1. The molecule has 1 saturated heterocycles. The van der Waals surface area contributed by atoms with E-state index in [1.807, 2.05) is 25.9 Å². The van der Waals surface area contributed by atoms with Crippen LogP contribution in [-0.4, -0.2) is 89.3 Å². The van der Waals surface area contributed by atoms with Crippen molar-refractivity contribution in [2.75, 3.05) is 40.3 Å². The second-order valence-corrected chi connectivity index (χ2v) is 5.47. The molecule has 20 heavy (non-hydrogen) atoms. The smallest absolute Gasteiger partial charge is 0.326 e. The lowest BCUT2D eigenvalue weighted by Crippen LogP contribution is -2.49. The maximum atomic E-state index is 12.5. The summed E-state index contributed by atoms with van der Waals surface area (Å²) < 4.78 is 0. The molecular weight excluding hydrogens is 262 g/mol. The molecule has 1 heterocycles. The number of carbonyl (C=O) groups is 2. The number of aliphatic hydroxyl groups excluding tert-OH is 1. The van der Waals surface area contributed by atoms with E-state index >= 15 is 0 Å². The zero-order valence-electron chi connectivity index (χ0n) is 12.4. The predicted molar refractivity (Wildman–Crippen MR) is 74.6 cm³/mol. The number of aliphatic hydroxyl groups is 1. The minimum atomic E-state index is -1.06. The van der Waals surface area contributed by atoms with Crippen LogP contribution in [0, 0.1) is 0 Å². The van der Waals surface area contributed by atoms with Gasteiger partial charge in [0.15, 0.2) is 0 Å². The Labute approximate surface area is 119 Å². The number of β-amino-alcohol motifs (C(OH)–C–C–N with tert-alkyl or cyclic N) is 1. The zero-order valence-corrected chi connectivity index (χ0v) is 12.4. The van der Waals surface area contributed by atoms with Crippen LogP contribution in [0.3, 0.4) is 0 Å². The maximum Gasteiger partial charge on any atom is 0.326 e. The van der Waals surface area contributed by atoms with E-state index in [1.54, 1.807) is 4.90 Å². The molecule has 7 nitrogen and oxygen atoms in total. The van der Waals surface area contributed by atoms with E-state index in [1.165, 1.54) is 4.90 Å². The average Bonchev–Trinajstić information content (AvgIpc) is 2.75. The van der Waals surface area contributed by atoms with Gasteiger partial charge in [-0.3, -0.25) is 0 Å². The van der Waals surface area contributed by atoms with Crippen molar-refractivity contribution in [3.63, 3.8) is 0 Å². The molecule has 7 heteroatoms. The third kappa shape index (κ3) is 4.35. The summed E-state index contributed by atoms with van der Waals surface area (Å²) in [5.74, 6) is -1.06. The quantitative estimate of drug-likeness (QED) is 0.712. The van der Waals surface area contributed by atoms with E-state index < -0.39 is 18.1 Å². The summed E-state index contributed by atoms with van der Waals surface area (Å²) in [5, 5.41) is 18.8. The molecule has 0 spiro atoms. The second-order valence-electron chi connectivity index (χ2n) is 5.47. The molecule has 116 valence electrons. The predicted octanol–water partition coefficient (Wildman–Crippen LogP) is -0.100. The summed E-state index contributed by atoms with van der Waals surface area (Å²) in [6.45, 7) is 3.94. The summed E-state index contributed by atoms with van der Waals surface area (Å²) in [4.78, 5) is 28.6. The van der Waals surface area contributed by atoms with Gasteiger partial charge < -0.3 is 24.9 Å². The van der Waals surface area contributed by atoms with Gasteiger partial charge in [-0.25, -0.2) is 9.59 Å². The van der Waals surface area contributed by atoms with Crippen LogP contribution >= 0.6 is 0 Å². The fourth-order valence-corrected chi connectivity index (χ4v) is 2.33. The van der Waals surface area contributed by atoms with Crippen molar-refractivity contribution in [1.82, 2.24) is 14.7 Å². The fraction of sp³-hybridized carbons (Fsp3) is 0.846. The van der Waals surface area contributed by atoms with Crippen molar-refractivity contribution in [3.8, 4) is 0 Å². The molecule has 2 amide bonds. The van der Waals surface area contributed by atoms with E-state index in [-0.39, 0.29) is 19.0 Å². The van der Waals surface area contributed by atoms with Crippen molar-refractivity contribution >= 4 is 12.0 Å². The molecule has 0 aromatic rings. The Morgan fingerprint density at radius 2 is 1.90 bits per heavy atom. The van der Waals surface area contributed by atoms with E-state index in [0.717, 1.165) is 13.0 Å². The normalized spacial score (nSPS) is 22.4. The topological polar surface area (TPSA) is 84.3 Å². The number of carboxylic acid groups (broad SMARTS) is 1. The van der Waals surface area contributed by atoms with Gasteiger partial charge >= 0.3 is 12.0 Å². The lowest BCUT2D eigenvalue weighted by Gasteiger charge is -2.30. The number of rotatable bonds is 6. The number of likely N-dealkylation sites (N-methyl/N-ethyl adjacent to an activating group) is 1. The summed E-state index contributed by atoms with van der Waals surface area (Å²) in [6.07, 6.45) is 0.166. The van der Waals surface area contributed by atoms with E-state index in [0.29, 0.717) is 13.1 Å². The van der Waals surface area contributed by atoms with Crippen LogP contribution in [0.5, 0.6) is 0 Å². The average molecular weight is 287 g/mol. The van der Waals surface area contributed by atoms with Crippen LogP contribution < -0.4 is 0 Å². The van der Waals surface area contributed by atoms with Crippen LogP contribution in [-0.2, 0) is 4.79 Å². The monoisotopic (exact) mass is 287 g/mol. The van der Waals surface area contributed by atoms with E-state index in [4.69, 9.17) is 5.11 Å². The lowest BCUT2D eigenvalue weighted by molar-refractivity contribution is -0.141. The molecule has 2 atom stereocenters. The van der Waals surface area contributed by atoms with Gasteiger partial charge in [-0.15, -0.1) is 0 Å². The van der Waals surface area contributed by atoms with Gasteiger partial charge in [0.05, 0.1) is 6.10 Å². The van der Waals surface area contributed by atoms with Crippen LogP contribution in [0.1, 0.15) is 19.8 Å². The molecule has 0 radical (unpaired) electrons. The van der Waals surface area contributed by atoms with E-state index in [2.05, 4.69) is 0 Å². The van der Waals surface area contributed by atoms with Crippen molar-refractivity contribution < 1.29 is 19.8 Å². The first-order chi connectivity index (χ1) is 9.36. The van der Waals surface area contributed by atoms with Crippen LogP contribution in [0.2, 0.25) is 0 Å². The summed E-state index contributed by atoms with van der Waals surface area (Å²) in [7, 11) is 3.85. The van der Waals surface area contributed by atoms with Crippen molar-refractivity contribution in [2.24, 2.45) is 0 Å². The molecule has 1 aliphatic rings. The Morgan fingerprint density at radius 1 is 1.25 bits per heavy atom. The fourth-order valence-electron chi connectivity index (χ4n) is 2.33. The number of hydrogen-bond acceptors (Lipinski definition) is 4. The molecule has 1 aliphatic heterocycles. The van der Waals surface area contributed by atoms with Crippen LogP contribution in [0.15, 0.2) is 0 Å². The van der Waals surface area contributed by atoms with Crippen LogP contribution in [0.4, 0.5) is 4.79 Å². The molecule has 0 bridgehead atoms. The maximum absolute atomic E-state index is 12.5. The third-order valence-electron chi connectivity index (χ3n) is 3.39. The summed E-state index contributed by atoms with van der Waals surface area (Å²) >= 11 is 0. The largest absolute Gasteiger partial charge is 0.480 e. The minimum absolute atomic E-state index is 0.0952. The van der Waals surface area contributed by atoms with Crippen molar-refractivity contribution in [1.29, 1.82) is 0 Å². The first-order valence-electron chi connectivity index (χ1n) is 6.98. The highest BCUT2D eigenvalue weighted by Crippen LogP contribution is 2.20. The number of hydrogen-bond donors (Lipinski definition) is 2. The van der Waals surface area contributed by atoms with Gasteiger partial charge in [0.2, 0.25) is 0 Å². The number of carboxylic acids is 1. The molecule has 0 aromatic carbocycles. The Kier molecular flexibility index (Phi) is 6.22. The van der Waals surface area contributed by atoms with Crippen molar-refractivity contribution in [2.45, 2.75) is 31.9 Å². The molecule has 0 aliphatic carbocycles. The first kappa shape index (κ1) is 16.7. The molecule has 0 unspecified atom stereocenters. The Hall–Kier alpha value is -1.34. The van der Waals surface area contributed by atoms with Gasteiger partial charge in [-0.1, -0.05) is 6.92 Å². The Bertz CT molecular complexity index is 349. The molecule has 0 saturated carbocycles. The van der Waals surface area contributed by atoms with Crippen LogP contribution in [0.25, 0.3) is 0 Å². The van der Waals surface area contributed by atoms with E-state index in [9.17, 15) is 14.7 Å². The van der Waals surface area contributed by atoms with Gasteiger partial charge in [-0.05, 0) is 20.5 Å². The summed E-state index contributed by atoms with van der Waals surface area (Å²) in [5.41, 5.74) is 0. The first-order valence-corrected chi connectivity index (χ1v) is 6.98. The zero-order chi connectivity index (χ0) is 15.3. The molecular formula is C13H25N3O4. The third-order valence-corrected chi connectivity index (χ3v) is 3.39. The number of urea groups is 1. The Morgan fingerprint density at radius 3 is 2.40 bits per heavy atom. The second kappa shape index (κ2) is 7.44. The summed E-state index contributed by atoms with van der Waals surface area (Å²) in [6, 6.07) is -1.21. The van der Waals surface area contributed by atoms with Crippen molar-refractivity contribution in [3.05, 3.63) is 0 Å². The number of carbonyl (C=O) groups excluding carboxylic acids is 1. The highest BCUT2D eigenvalue weighted by Gasteiger charge is 2.40. The SMILES string of the molecule is CCCN(CCN(C)C)C(=O)N1C[C@H](O)C[C@@H]1C(=O)O.